The van der Waals surface area contributed by atoms with Crippen LogP contribution in [0.4, 0.5) is 0 Å². The SMILES string of the molecule is Cc1oc(C(=O)NN)cc1CN(C)CC(C)C#N. The van der Waals surface area contributed by atoms with Gasteiger partial charge in [0.2, 0.25) is 0 Å². The maximum absolute atomic E-state index is 11.3. The molecule has 1 aromatic rings. The second kappa shape index (κ2) is 6.19. The van der Waals surface area contributed by atoms with Crippen molar-refractivity contribution in [3.63, 3.8) is 0 Å². The number of nitrogen functional groups attached to an aromatic ring is 1. The first-order chi connectivity index (χ1) is 8.47. The van der Waals surface area contributed by atoms with Crippen molar-refractivity contribution in [2.75, 3.05) is 13.6 Å². The molecule has 0 bridgehead atoms. The third-order valence-corrected chi connectivity index (χ3v) is 2.62. The molecule has 1 rings (SSSR count). The summed E-state index contributed by atoms with van der Waals surface area (Å²) in [5, 5.41) is 8.75. The Balaban J connectivity index is 2.70. The second-order valence-electron chi connectivity index (χ2n) is 4.39. The molecule has 6 nitrogen and oxygen atoms in total. The summed E-state index contributed by atoms with van der Waals surface area (Å²) in [6, 6.07) is 3.85. The number of hydrogen-bond donors (Lipinski definition) is 2. The zero-order valence-corrected chi connectivity index (χ0v) is 10.9. The van der Waals surface area contributed by atoms with Gasteiger partial charge in [-0.3, -0.25) is 10.2 Å². The van der Waals surface area contributed by atoms with E-state index in [0.29, 0.717) is 18.8 Å². The van der Waals surface area contributed by atoms with Crippen molar-refractivity contribution in [1.29, 1.82) is 5.26 Å². The molecule has 3 N–H and O–H groups in total. The van der Waals surface area contributed by atoms with E-state index >= 15 is 0 Å². The normalized spacial score (nSPS) is 12.2. The summed E-state index contributed by atoms with van der Waals surface area (Å²) in [6.45, 7) is 4.95. The monoisotopic (exact) mass is 250 g/mol. The van der Waals surface area contributed by atoms with Crippen LogP contribution in [0.3, 0.4) is 0 Å². The zero-order chi connectivity index (χ0) is 13.7. The lowest BCUT2D eigenvalue weighted by Gasteiger charge is -2.16. The van der Waals surface area contributed by atoms with Crippen molar-refractivity contribution in [2.45, 2.75) is 20.4 Å². The predicted molar refractivity (Wildman–Crippen MR) is 66.2 cm³/mol. The van der Waals surface area contributed by atoms with Crippen LogP contribution in [0.1, 0.15) is 28.8 Å². The van der Waals surface area contributed by atoms with Gasteiger partial charge in [-0.05, 0) is 27.0 Å². The number of carbonyl (C=O) groups excluding carboxylic acids is 1. The maximum Gasteiger partial charge on any atom is 0.300 e. The molecule has 0 spiro atoms. The van der Waals surface area contributed by atoms with E-state index in [9.17, 15) is 4.79 Å². The highest BCUT2D eigenvalue weighted by molar-refractivity contribution is 5.91. The highest BCUT2D eigenvalue weighted by Crippen LogP contribution is 2.16. The molecule has 0 aliphatic rings. The van der Waals surface area contributed by atoms with E-state index in [0.717, 1.165) is 5.56 Å². The minimum atomic E-state index is -0.447. The Morgan fingerprint density at radius 1 is 1.72 bits per heavy atom. The summed E-state index contributed by atoms with van der Waals surface area (Å²) < 4.78 is 5.32. The number of hydrazine groups is 1. The van der Waals surface area contributed by atoms with Crippen molar-refractivity contribution in [2.24, 2.45) is 11.8 Å². The van der Waals surface area contributed by atoms with Crippen molar-refractivity contribution in [3.05, 3.63) is 23.2 Å². The summed E-state index contributed by atoms with van der Waals surface area (Å²) in [5.74, 6) is 5.45. The Morgan fingerprint density at radius 3 is 2.94 bits per heavy atom. The van der Waals surface area contributed by atoms with Gasteiger partial charge < -0.3 is 9.32 Å². The first kappa shape index (κ1) is 14.2. The average Bonchev–Trinajstić information content (AvgIpc) is 2.69. The molecule has 0 fully saturated rings. The summed E-state index contributed by atoms with van der Waals surface area (Å²) in [5.41, 5.74) is 2.94. The van der Waals surface area contributed by atoms with E-state index < -0.39 is 5.91 Å². The van der Waals surface area contributed by atoms with E-state index in [4.69, 9.17) is 15.5 Å². The van der Waals surface area contributed by atoms with Crippen molar-refractivity contribution >= 4 is 5.91 Å². The topological polar surface area (TPSA) is 95.3 Å². The van der Waals surface area contributed by atoms with E-state index in [2.05, 4.69) is 6.07 Å². The Labute approximate surface area is 106 Å². The predicted octanol–water partition coefficient (Wildman–Crippen LogP) is 0.783. The van der Waals surface area contributed by atoms with E-state index in [-0.39, 0.29) is 11.7 Å². The molecular weight excluding hydrogens is 232 g/mol. The minimum absolute atomic E-state index is 0.0333. The zero-order valence-electron chi connectivity index (χ0n) is 10.9. The van der Waals surface area contributed by atoms with Crippen LogP contribution in [0.2, 0.25) is 0 Å². The van der Waals surface area contributed by atoms with Crippen LogP contribution < -0.4 is 11.3 Å². The Bertz CT molecular complexity index is 461. The van der Waals surface area contributed by atoms with Crippen LogP contribution in [0, 0.1) is 24.2 Å². The third kappa shape index (κ3) is 3.58. The van der Waals surface area contributed by atoms with Crippen LogP contribution in [0.25, 0.3) is 0 Å². The molecule has 1 heterocycles. The number of hydrogen-bond acceptors (Lipinski definition) is 5. The molecule has 0 aliphatic carbocycles. The number of carbonyl (C=O) groups is 1. The highest BCUT2D eigenvalue weighted by Gasteiger charge is 2.15. The van der Waals surface area contributed by atoms with Gasteiger partial charge >= 0.3 is 5.91 Å². The van der Waals surface area contributed by atoms with Crippen LogP contribution in [0.5, 0.6) is 0 Å². The lowest BCUT2D eigenvalue weighted by Crippen LogP contribution is -2.29. The van der Waals surface area contributed by atoms with Gasteiger partial charge in [-0.25, -0.2) is 5.84 Å². The quantitative estimate of drug-likeness (QED) is 0.457. The molecular formula is C12H18N4O2. The Kier molecular flexibility index (Phi) is 4.89. The third-order valence-electron chi connectivity index (χ3n) is 2.62. The molecule has 0 aliphatic heterocycles. The van der Waals surface area contributed by atoms with Crippen LogP contribution in [-0.4, -0.2) is 24.4 Å². The number of nitriles is 1. The van der Waals surface area contributed by atoms with Gasteiger partial charge in [0.25, 0.3) is 0 Å². The molecule has 0 saturated carbocycles. The molecule has 1 aromatic heterocycles. The molecule has 0 radical (unpaired) electrons. The smallest absolute Gasteiger partial charge is 0.300 e. The van der Waals surface area contributed by atoms with Crippen molar-refractivity contribution < 1.29 is 9.21 Å². The molecule has 18 heavy (non-hydrogen) atoms. The number of furan rings is 1. The second-order valence-corrected chi connectivity index (χ2v) is 4.39. The Morgan fingerprint density at radius 2 is 2.39 bits per heavy atom. The summed E-state index contributed by atoms with van der Waals surface area (Å²) in [4.78, 5) is 13.3. The molecule has 1 amide bonds. The van der Waals surface area contributed by atoms with Crippen LogP contribution >= 0.6 is 0 Å². The summed E-state index contributed by atoms with van der Waals surface area (Å²) in [7, 11) is 1.92. The lowest BCUT2D eigenvalue weighted by atomic mass is 10.2. The molecule has 1 unspecified atom stereocenters. The number of nitrogens with two attached hydrogens (primary N) is 1. The first-order valence-electron chi connectivity index (χ1n) is 5.66. The highest BCUT2D eigenvalue weighted by atomic mass is 16.4. The number of nitrogens with zero attached hydrogens (tertiary/aromatic N) is 2. The Hall–Kier alpha value is -1.84. The van der Waals surface area contributed by atoms with Gasteiger partial charge in [0.05, 0.1) is 12.0 Å². The minimum Gasteiger partial charge on any atom is -0.456 e. The van der Waals surface area contributed by atoms with Gasteiger partial charge in [0, 0.05) is 18.7 Å². The van der Waals surface area contributed by atoms with Crippen molar-refractivity contribution in [1.82, 2.24) is 10.3 Å². The largest absolute Gasteiger partial charge is 0.456 e. The van der Waals surface area contributed by atoms with Gasteiger partial charge in [0.1, 0.15) is 5.76 Å². The van der Waals surface area contributed by atoms with Gasteiger partial charge in [-0.1, -0.05) is 0 Å². The number of nitrogens with one attached hydrogen (secondary N) is 1. The van der Waals surface area contributed by atoms with Crippen molar-refractivity contribution in [3.8, 4) is 6.07 Å². The van der Waals surface area contributed by atoms with Gasteiger partial charge in [-0.2, -0.15) is 5.26 Å². The standard InChI is InChI=1S/C12H18N4O2/c1-8(5-13)6-16(3)7-10-4-11(12(17)15-14)18-9(10)2/h4,8H,6-7,14H2,1-3H3,(H,15,17). The van der Waals surface area contributed by atoms with Crippen LogP contribution in [-0.2, 0) is 6.54 Å². The lowest BCUT2D eigenvalue weighted by molar-refractivity contribution is 0.0924. The molecule has 0 aromatic carbocycles. The summed E-state index contributed by atoms with van der Waals surface area (Å²) >= 11 is 0. The molecule has 6 heteroatoms. The number of aryl methyl sites for hydroxylation is 1. The van der Waals surface area contributed by atoms with Gasteiger partial charge in [-0.15, -0.1) is 0 Å². The van der Waals surface area contributed by atoms with Gasteiger partial charge in [0.15, 0.2) is 5.76 Å². The average molecular weight is 250 g/mol. The molecule has 1 atom stereocenters. The number of rotatable bonds is 5. The van der Waals surface area contributed by atoms with E-state index in [1.54, 1.807) is 13.0 Å². The van der Waals surface area contributed by atoms with E-state index in [1.807, 2.05) is 24.3 Å². The fourth-order valence-electron chi connectivity index (χ4n) is 1.72. The maximum atomic E-state index is 11.3. The first-order valence-corrected chi connectivity index (χ1v) is 5.66. The van der Waals surface area contributed by atoms with E-state index in [1.165, 1.54) is 0 Å². The fourth-order valence-corrected chi connectivity index (χ4v) is 1.72. The molecule has 0 saturated heterocycles. The van der Waals surface area contributed by atoms with Crippen LogP contribution in [0.15, 0.2) is 10.5 Å². The molecule has 98 valence electrons. The fraction of sp³-hybridized carbons (Fsp3) is 0.500. The number of amides is 1. The summed E-state index contributed by atoms with van der Waals surface area (Å²) in [6.07, 6.45) is 0.